The van der Waals surface area contributed by atoms with Crippen molar-refractivity contribution in [1.82, 2.24) is 4.57 Å². The Balaban J connectivity index is 0.954. The maximum Gasteiger partial charge on any atom is 0.0541 e. The van der Waals surface area contributed by atoms with Crippen molar-refractivity contribution >= 4 is 81.1 Å². The summed E-state index contributed by atoms with van der Waals surface area (Å²) in [6.45, 7) is 4.52. The number of rotatable bonds is 7. The molecule has 0 aliphatic heterocycles. The van der Waals surface area contributed by atoms with Gasteiger partial charge in [0.05, 0.1) is 16.7 Å². The van der Waals surface area contributed by atoms with Crippen molar-refractivity contribution in [2.45, 2.75) is 13.8 Å². The van der Waals surface area contributed by atoms with Gasteiger partial charge in [0.15, 0.2) is 0 Å². The van der Waals surface area contributed by atoms with Crippen molar-refractivity contribution in [3.8, 4) is 39.1 Å². The van der Waals surface area contributed by atoms with E-state index in [-0.39, 0.29) is 0 Å². The second-order valence-corrected chi connectivity index (χ2v) is 17.7. The van der Waals surface area contributed by atoms with Crippen LogP contribution in [0.1, 0.15) is 11.1 Å². The molecule has 0 aliphatic carbocycles. The Kier molecular flexibility index (Phi) is 8.84. The van der Waals surface area contributed by atoms with Gasteiger partial charge < -0.3 is 9.47 Å². The number of thiophene rings is 1. The van der Waals surface area contributed by atoms with Crippen LogP contribution in [0.15, 0.2) is 218 Å². The van der Waals surface area contributed by atoms with Gasteiger partial charge in [0, 0.05) is 48.0 Å². The van der Waals surface area contributed by atoms with Crippen LogP contribution in [-0.4, -0.2) is 4.57 Å². The lowest BCUT2D eigenvalue weighted by Gasteiger charge is -2.29. The zero-order chi connectivity index (χ0) is 42.0. The number of aromatic nitrogens is 1. The van der Waals surface area contributed by atoms with Crippen molar-refractivity contribution in [3.05, 3.63) is 230 Å². The van der Waals surface area contributed by atoms with Crippen molar-refractivity contribution in [3.63, 3.8) is 0 Å². The molecule has 12 rings (SSSR count). The van der Waals surface area contributed by atoms with E-state index in [1.807, 2.05) is 11.3 Å². The van der Waals surface area contributed by atoms with Crippen LogP contribution in [0.3, 0.4) is 0 Å². The molecule has 2 nitrogen and oxygen atoms in total. The molecule has 0 aliphatic rings. The average Bonchev–Trinajstić information content (AvgIpc) is 3.88. The lowest BCUT2D eigenvalue weighted by Crippen LogP contribution is -2.13. The third-order valence-corrected chi connectivity index (χ3v) is 13.9. The molecule has 0 atom stereocenters. The van der Waals surface area contributed by atoms with Crippen LogP contribution in [-0.2, 0) is 0 Å². The molecule has 298 valence electrons. The first kappa shape index (κ1) is 37.1. The SMILES string of the molecule is Cc1cc(-c2cccc(-n3c4ccccc4c4ccccc43)c2)cc(C)c1N(c1ccc(-c2ccc3c(c2)sc2ccccc23)cc1)c1ccc(-c2cccc3ccccc23)cc1. The predicted molar refractivity (Wildman–Crippen MR) is 272 cm³/mol. The van der Waals surface area contributed by atoms with Gasteiger partial charge in [-0.05, 0) is 142 Å². The number of fused-ring (bicyclic) bond motifs is 7. The molecule has 0 bridgehead atoms. The molecule has 0 saturated carbocycles. The van der Waals surface area contributed by atoms with Crippen molar-refractivity contribution in [2.24, 2.45) is 0 Å². The number of nitrogens with zero attached hydrogens (tertiary/aromatic N) is 2. The van der Waals surface area contributed by atoms with Gasteiger partial charge >= 0.3 is 0 Å². The lowest BCUT2D eigenvalue weighted by atomic mass is 9.96. The van der Waals surface area contributed by atoms with Crippen LogP contribution in [0.4, 0.5) is 17.1 Å². The van der Waals surface area contributed by atoms with Gasteiger partial charge in [-0.3, -0.25) is 0 Å². The molecule has 0 fully saturated rings. The number of benzene rings is 10. The molecule has 0 saturated heterocycles. The Morgan fingerprint density at radius 3 is 1.62 bits per heavy atom. The minimum atomic E-state index is 1.12. The third-order valence-electron chi connectivity index (χ3n) is 12.8. The van der Waals surface area contributed by atoms with Gasteiger partial charge in [0.2, 0.25) is 0 Å². The number of anilines is 3. The molecule has 0 unspecified atom stereocenters. The minimum Gasteiger partial charge on any atom is -0.310 e. The van der Waals surface area contributed by atoms with E-state index in [0.29, 0.717) is 0 Å². The Morgan fingerprint density at radius 2 is 0.905 bits per heavy atom. The molecule has 2 aromatic heterocycles. The van der Waals surface area contributed by atoms with Gasteiger partial charge in [-0.2, -0.15) is 0 Å². The fourth-order valence-corrected chi connectivity index (χ4v) is 11.0. The lowest BCUT2D eigenvalue weighted by molar-refractivity contribution is 1.18. The van der Waals surface area contributed by atoms with E-state index >= 15 is 0 Å². The number of aryl methyl sites for hydroxylation is 2. The van der Waals surface area contributed by atoms with Crippen LogP contribution < -0.4 is 4.90 Å². The van der Waals surface area contributed by atoms with Crippen LogP contribution in [0, 0.1) is 13.8 Å². The topological polar surface area (TPSA) is 8.17 Å². The summed E-state index contributed by atoms with van der Waals surface area (Å²) >= 11 is 1.87. The van der Waals surface area contributed by atoms with Crippen molar-refractivity contribution in [2.75, 3.05) is 4.90 Å². The fraction of sp³-hybridized carbons (Fsp3) is 0.0333. The Morgan fingerprint density at radius 1 is 0.365 bits per heavy atom. The molecular weight excluding hydrogens is 781 g/mol. The molecule has 3 heteroatoms. The fourth-order valence-electron chi connectivity index (χ4n) is 9.88. The first-order valence-corrected chi connectivity index (χ1v) is 22.5. The third kappa shape index (κ3) is 6.31. The van der Waals surface area contributed by atoms with E-state index in [9.17, 15) is 0 Å². The van der Waals surface area contributed by atoms with Crippen LogP contribution >= 0.6 is 11.3 Å². The number of para-hydroxylation sites is 2. The van der Waals surface area contributed by atoms with E-state index in [1.54, 1.807) is 0 Å². The summed E-state index contributed by atoms with van der Waals surface area (Å²) < 4.78 is 5.04. The summed E-state index contributed by atoms with van der Waals surface area (Å²) in [5.41, 5.74) is 16.7. The summed E-state index contributed by atoms with van der Waals surface area (Å²) in [7, 11) is 0. The summed E-state index contributed by atoms with van der Waals surface area (Å²) in [5, 5.41) is 7.70. The van der Waals surface area contributed by atoms with Gasteiger partial charge in [0.1, 0.15) is 0 Å². The van der Waals surface area contributed by atoms with Gasteiger partial charge in [0.25, 0.3) is 0 Å². The highest BCUT2D eigenvalue weighted by Gasteiger charge is 2.20. The summed E-state index contributed by atoms with van der Waals surface area (Å²) in [6.07, 6.45) is 0. The molecule has 0 spiro atoms. The highest BCUT2D eigenvalue weighted by atomic mass is 32.1. The second-order valence-electron chi connectivity index (χ2n) is 16.6. The molecule has 0 N–H and O–H groups in total. The first-order chi connectivity index (χ1) is 31.1. The summed E-state index contributed by atoms with van der Waals surface area (Å²) in [4.78, 5) is 2.44. The molecule has 2 heterocycles. The van der Waals surface area contributed by atoms with E-state index in [1.165, 1.54) is 103 Å². The molecule has 63 heavy (non-hydrogen) atoms. The van der Waals surface area contributed by atoms with E-state index < -0.39 is 0 Å². The van der Waals surface area contributed by atoms with Crippen LogP contribution in [0.25, 0.3) is 91.8 Å². The van der Waals surface area contributed by atoms with Crippen molar-refractivity contribution in [1.29, 1.82) is 0 Å². The maximum absolute atomic E-state index is 2.44. The highest BCUT2D eigenvalue weighted by Crippen LogP contribution is 2.43. The monoisotopic (exact) mass is 822 g/mol. The number of hydrogen-bond donors (Lipinski definition) is 0. The van der Waals surface area contributed by atoms with Crippen molar-refractivity contribution < 1.29 is 0 Å². The zero-order valence-corrected chi connectivity index (χ0v) is 35.9. The maximum atomic E-state index is 2.44. The van der Waals surface area contributed by atoms with E-state index in [0.717, 1.165) is 17.1 Å². The summed E-state index contributed by atoms with van der Waals surface area (Å²) in [6, 6.07) is 80.2. The molecule has 0 radical (unpaired) electrons. The quantitative estimate of drug-likeness (QED) is 0.155. The molecule has 12 aromatic rings. The Labute approximate surface area is 371 Å². The zero-order valence-electron chi connectivity index (χ0n) is 35.1. The molecule has 10 aromatic carbocycles. The minimum absolute atomic E-state index is 1.12. The Bertz CT molecular complexity index is 3620. The predicted octanol–water partition coefficient (Wildman–Crippen LogP) is 17.4. The normalized spacial score (nSPS) is 11.7. The second kappa shape index (κ2) is 15.0. The van der Waals surface area contributed by atoms with Gasteiger partial charge in [-0.1, -0.05) is 146 Å². The van der Waals surface area contributed by atoms with Gasteiger partial charge in [-0.25, -0.2) is 0 Å². The van der Waals surface area contributed by atoms with Crippen LogP contribution in [0.5, 0.6) is 0 Å². The van der Waals surface area contributed by atoms with Gasteiger partial charge in [-0.15, -0.1) is 11.3 Å². The molecular formula is C60H42N2S. The average molecular weight is 823 g/mol. The number of hydrogen-bond acceptors (Lipinski definition) is 2. The first-order valence-electron chi connectivity index (χ1n) is 21.7. The smallest absolute Gasteiger partial charge is 0.0541 e. The van der Waals surface area contributed by atoms with Crippen LogP contribution in [0.2, 0.25) is 0 Å². The molecule has 0 amide bonds. The standard InChI is InChI=1S/C60H42N2S/c1-39-35-46(44-15-11-16-49(37-44)62-56-22-8-5-18-52(56)53-19-6-9-23-57(53)62)36-40(2)60(39)61(48-32-27-43(28-33-48)51-21-12-14-42-13-3-4-17-50(42)51)47-30-25-41(26-31-47)45-29-34-55-54-20-7-10-24-58(54)63-59(55)38-45/h3-38H,1-2H3. The van der Waals surface area contributed by atoms with E-state index in [2.05, 4.69) is 242 Å². The summed E-state index contributed by atoms with van der Waals surface area (Å²) in [5.74, 6) is 0. The van der Waals surface area contributed by atoms with E-state index in [4.69, 9.17) is 0 Å². The Hall–Kier alpha value is -7.72. The highest BCUT2D eigenvalue weighted by molar-refractivity contribution is 7.25. The largest absolute Gasteiger partial charge is 0.310 e.